The fraction of sp³-hybridized carbons (Fsp3) is 0.333. The molecule has 3 rings (SSSR count). The zero-order valence-corrected chi connectivity index (χ0v) is 14.6. The highest BCUT2D eigenvalue weighted by molar-refractivity contribution is 6.03. The predicted molar refractivity (Wildman–Crippen MR) is 98.2 cm³/mol. The zero-order chi connectivity index (χ0) is 17.9. The molecular weight excluding hydrogens is 318 g/mol. The van der Waals surface area contributed by atoms with Crippen LogP contribution in [0.25, 0.3) is 11.3 Å². The first-order valence-corrected chi connectivity index (χ1v) is 8.18. The van der Waals surface area contributed by atoms with Gasteiger partial charge in [0.05, 0.1) is 7.11 Å². The second-order valence-electron chi connectivity index (χ2n) is 6.43. The van der Waals surface area contributed by atoms with Crippen LogP contribution < -0.4 is 21.1 Å². The molecule has 4 N–H and O–H groups in total. The normalized spacial score (nSPS) is 19.5. The minimum Gasteiger partial charge on any atom is -0.497 e. The van der Waals surface area contributed by atoms with Crippen molar-refractivity contribution in [1.29, 1.82) is 0 Å². The van der Waals surface area contributed by atoms with Gasteiger partial charge in [-0.15, -0.1) is 0 Å². The highest BCUT2D eigenvalue weighted by atomic mass is 16.5. The van der Waals surface area contributed by atoms with Gasteiger partial charge < -0.3 is 19.9 Å². The number of hydrogen-bond acceptors (Lipinski definition) is 7. The summed E-state index contributed by atoms with van der Waals surface area (Å²) in [5.74, 6) is 1.52. The lowest BCUT2D eigenvalue weighted by molar-refractivity contribution is 0.316. The molecule has 0 saturated carbocycles. The number of aliphatic imine (C=N–C) groups is 1. The van der Waals surface area contributed by atoms with Gasteiger partial charge in [-0.2, -0.15) is 0 Å². The van der Waals surface area contributed by atoms with E-state index in [9.17, 15) is 0 Å². The van der Waals surface area contributed by atoms with Crippen LogP contribution in [0.1, 0.15) is 20.3 Å². The Kier molecular flexibility index (Phi) is 4.76. The molecule has 2 aromatic rings. The van der Waals surface area contributed by atoms with E-state index >= 15 is 0 Å². The third kappa shape index (κ3) is 4.19. The fourth-order valence-electron chi connectivity index (χ4n) is 2.70. The first-order valence-electron chi connectivity index (χ1n) is 8.18. The van der Waals surface area contributed by atoms with Crippen molar-refractivity contribution < 1.29 is 9.26 Å². The van der Waals surface area contributed by atoms with Crippen molar-refractivity contribution in [2.45, 2.75) is 26.1 Å². The van der Waals surface area contributed by atoms with Crippen LogP contribution in [0, 0.1) is 5.92 Å². The standard InChI is InChI=1S/C18H23N5O2/c1-12(2)11-18(19)20-9-8-16(22-18)21-17-10-15(23-25-17)13-4-6-14(24-3)7-5-13/h4-10,12,20H,11,19H2,1-3H3,(H,21,22). The average Bonchev–Trinajstić information content (AvgIpc) is 3.02. The van der Waals surface area contributed by atoms with Gasteiger partial charge in [-0.1, -0.05) is 19.0 Å². The van der Waals surface area contributed by atoms with Gasteiger partial charge in [0, 0.05) is 24.3 Å². The van der Waals surface area contributed by atoms with Gasteiger partial charge >= 0.3 is 0 Å². The molecule has 0 saturated heterocycles. The number of hydrogen-bond donors (Lipinski definition) is 3. The second kappa shape index (κ2) is 6.98. The van der Waals surface area contributed by atoms with Gasteiger partial charge in [0.15, 0.2) is 5.79 Å². The molecule has 1 aliphatic rings. The van der Waals surface area contributed by atoms with E-state index in [1.807, 2.05) is 30.3 Å². The molecule has 0 bridgehead atoms. The maximum Gasteiger partial charge on any atom is 0.230 e. The van der Waals surface area contributed by atoms with E-state index in [4.69, 9.17) is 15.0 Å². The van der Waals surface area contributed by atoms with E-state index in [2.05, 4.69) is 34.6 Å². The Morgan fingerprint density at radius 3 is 2.76 bits per heavy atom. The van der Waals surface area contributed by atoms with Crippen molar-refractivity contribution in [1.82, 2.24) is 10.5 Å². The van der Waals surface area contributed by atoms with Crippen LogP contribution in [0.5, 0.6) is 5.75 Å². The van der Waals surface area contributed by atoms with Crippen molar-refractivity contribution >= 4 is 11.7 Å². The minimum atomic E-state index is -0.815. The number of nitrogens with zero attached hydrogens (tertiary/aromatic N) is 2. The van der Waals surface area contributed by atoms with E-state index in [1.54, 1.807) is 19.4 Å². The number of nitrogens with two attached hydrogens (primary N) is 1. The molecule has 7 nitrogen and oxygen atoms in total. The lowest BCUT2D eigenvalue weighted by atomic mass is 10.0. The molecule has 1 aliphatic heterocycles. The first-order chi connectivity index (χ1) is 12.0. The summed E-state index contributed by atoms with van der Waals surface area (Å²) in [6.45, 7) is 4.21. The summed E-state index contributed by atoms with van der Waals surface area (Å²) in [5, 5.41) is 10.3. The number of ether oxygens (including phenoxy) is 1. The molecule has 0 amide bonds. The smallest absolute Gasteiger partial charge is 0.230 e. The number of aromatic nitrogens is 1. The molecule has 1 atom stereocenters. The second-order valence-corrected chi connectivity index (χ2v) is 6.43. The molecule has 1 aromatic heterocycles. The summed E-state index contributed by atoms with van der Waals surface area (Å²) in [7, 11) is 1.64. The van der Waals surface area contributed by atoms with Gasteiger partial charge in [0.2, 0.25) is 5.88 Å². The van der Waals surface area contributed by atoms with Gasteiger partial charge in [0.1, 0.15) is 17.3 Å². The Labute approximate surface area is 146 Å². The fourth-order valence-corrected chi connectivity index (χ4v) is 2.70. The van der Waals surface area contributed by atoms with Crippen molar-refractivity contribution in [3.63, 3.8) is 0 Å². The summed E-state index contributed by atoms with van der Waals surface area (Å²) >= 11 is 0. The molecule has 1 unspecified atom stereocenters. The number of rotatable bonds is 5. The molecule has 0 fully saturated rings. The third-order valence-corrected chi connectivity index (χ3v) is 3.76. The van der Waals surface area contributed by atoms with Crippen molar-refractivity contribution in [2.24, 2.45) is 16.6 Å². The van der Waals surface area contributed by atoms with Gasteiger partial charge in [-0.25, -0.2) is 4.99 Å². The molecular formula is C18H23N5O2. The van der Waals surface area contributed by atoms with Crippen LogP contribution in [0.3, 0.4) is 0 Å². The number of methoxy groups -OCH3 is 1. The quantitative estimate of drug-likeness (QED) is 0.773. The summed E-state index contributed by atoms with van der Waals surface area (Å²) < 4.78 is 10.5. The molecule has 0 aliphatic carbocycles. The summed E-state index contributed by atoms with van der Waals surface area (Å²) in [5.41, 5.74) is 7.94. The number of benzene rings is 1. The monoisotopic (exact) mass is 341 g/mol. The van der Waals surface area contributed by atoms with Gasteiger partial charge in [-0.05, 0) is 36.3 Å². The van der Waals surface area contributed by atoms with E-state index in [1.165, 1.54) is 0 Å². The minimum absolute atomic E-state index is 0.418. The molecule has 0 spiro atoms. The SMILES string of the molecule is COc1ccc(-c2cc(NC3=NC(N)(CC(C)C)NC=C3)on2)cc1. The molecule has 0 radical (unpaired) electrons. The lowest BCUT2D eigenvalue weighted by Crippen LogP contribution is -2.53. The largest absolute Gasteiger partial charge is 0.497 e. The van der Waals surface area contributed by atoms with E-state index < -0.39 is 5.79 Å². The summed E-state index contributed by atoms with van der Waals surface area (Å²) in [6, 6.07) is 9.43. The Bertz CT molecular complexity index is 779. The van der Waals surface area contributed by atoms with E-state index in [-0.39, 0.29) is 0 Å². The number of amidine groups is 1. The van der Waals surface area contributed by atoms with Crippen LogP contribution in [0.4, 0.5) is 5.88 Å². The molecule has 7 heteroatoms. The predicted octanol–water partition coefficient (Wildman–Crippen LogP) is 2.94. The highest BCUT2D eigenvalue weighted by Crippen LogP contribution is 2.24. The number of anilines is 1. The molecule has 25 heavy (non-hydrogen) atoms. The van der Waals surface area contributed by atoms with Gasteiger partial charge in [0.25, 0.3) is 0 Å². The van der Waals surface area contributed by atoms with Crippen LogP contribution >= 0.6 is 0 Å². The van der Waals surface area contributed by atoms with Crippen molar-refractivity contribution in [2.75, 3.05) is 12.4 Å². The number of nitrogens with one attached hydrogen (secondary N) is 2. The Morgan fingerprint density at radius 1 is 1.32 bits per heavy atom. The maximum absolute atomic E-state index is 6.28. The Hall–Kier alpha value is -2.80. The van der Waals surface area contributed by atoms with Crippen molar-refractivity contribution in [3.05, 3.63) is 42.6 Å². The molecule has 132 valence electrons. The van der Waals surface area contributed by atoms with Crippen LogP contribution in [-0.2, 0) is 0 Å². The van der Waals surface area contributed by atoms with Crippen LogP contribution in [-0.4, -0.2) is 23.9 Å². The lowest BCUT2D eigenvalue weighted by Gasteiger charge is -2.30. The summed E-state index contributed by atoms with van der Waals surface area (Å²) in [4.78, 5) is 4.53. The zero-order valence-electron chi connectivity index (χ0n) is 14.6. The van der Waals surface area contributed by atoms with Crippen molar-refractivity contribution in [3.8, 4) is 17.0 Å². The van der Waals surface area contributed by atoms with Crippen LogP contribution in [0.15, 0.2) is 52.1 Å². The third-order valence-electron chi connectivity index (χ3n) is 3.76. The Balaban J connectivity index is 1.73. The van der Waals surface area contributed by atoms with E-state index in [0.29, 0.717) is 17.6 Å². The summed E-state index contributed by atoms with van der Waals surface area (Å²) in [6.07, 6.45) is 4.31. The maximum atomic E-state index is 6.28. The topological polar surface area (TPSA) is 97.7 Å². The Morgan fingerprint density at radius 2 is 2.08 bits per heavy atom. The molecule has 1 aromatic carbocycles. The molecule has 2 heterocycles. The first kappa shape index (κ1) is 17.0. The van der Waals surface area contributed by atoms with E-state index in [0.717, 1.165) is 23.4 Å². The van der Waals surface area contributed by atoms with Gasteiger partial charge in [-0.3, -0.25) is 5.73 Å². The highest BCUT2D eigenvalue weighted by Gasteiger charge is 2.26. The average molecular weight is 341 g/mol. The van der Waals surface area contributed by atoms with Crippen LogP contribution in [0.2, 0.25) is 0 Å².